The fraction of sp³-hybridized carbons (Fsp3) is 0.435. The van der Waals surface area contributed by atoms with Crippen LogP contribution in [0.1, 0.15) is 56.3 Å². The van der Waals surface area contributed by atoms with E-state index in [-0.39, 0.29) is 30.6 Å². The normalized spacial score (nSPS) is 15.2. The average Bonchev–Trinajstić information content (AvgIpc) is 2.73. The minimum absolute atomic E-state index is 0. The summed E-state index contributed by atoms with van der Waals surface area (Å²) in [6, 6.07) is 20.7. The van der Waals surface area contributed by atoms with Gasteiger partial charge >= 0.3 is 5.97 Å². The maximum atomic E-state index is 11.8. The molecule has 0 unspecified atom stereocenters. The molecule has 2 aromatic carbocycles. The number of carbonyl (C=O) groups is 1. The second-order valence-electron chi connectivity index (χ2n) is 7.03. The zero-order chi connectivity index (χ0) is 18.9. The SMILES string of the molecule is CCCCC(=O)ON1CCC(OC(c2ccccc2)c2ccccc2)CC1.Cl. The minimum atomic E-state index is -0.123. The van der Waals surface area contributed by atoms with Gasteiger partial charge in [-0.1, -0.05) is 74.0 Å². The Morgan fingerprint density at radius 2 is 1.54 bits per heavy atom. The summed E-state index contributed by atoms with van der Waals surface area (Å²) in [5.74, 6) is -0.123. The minimum Gasteiger partial charge on any atom is -0.368 e. The third kappa shape index (κ3) is 6.62. The molecule has 0 aliphatic carbocycles. The third-order valence-electron chi connectivity index (χ3n) is 4.90. The molecule has 3 rings (SSSR count). The molecule has 0 atom stereocenters. The molecule has 4 nitrogen and oxygen atoms in total. The molecule has 2 aromatic rings. The zero-order valence-electron chi connectivity index (χ0n) is 16.5. The van der Waals surface area contributed by atoms with Crippen molar-refractivity contribution in [1.82, 2.24) is 5.06 Å². The number of halogens is 1. The Labute approximate surface area is 174 Å². The summed E-state index contributed by atoms with van der Waals surface area (Å²) in [5.41, 5.74) is 2.33. The first-order valence-electron chi connectivity index (χ1n) is 9.97. The van der Waals surface area contributed by atoms with Crippen LogP contribution < -0.4 is 0 Å². The van der Waals surface area contributed by atoms with E-state index in [9.17, 15) is 4.79 Å². The van der Waals surface area contributed by atoms with E-state index in [0.717, 1.165) is 49.9 Å². The molecule has 1 aliphatic rings. The predicted octanol–water partition coefficient (Wildman–Crippen LogP) is 5.33. The van der Waals surface area contributed by atoms with E-state index >= 15 is 0 Å². The van der Waals surface area contributed by atoms with Crippen molar-refractivity contribution in [2.75, 3.05) is 13.1 Å². The summed E-state index contributed by atoms with van der Waals surface area (Å²) in [4.78, 5) is 17.3. The highest BCUT2D eigenvalue weighted by atomic mass is 35.5. The van der Waals surface area contributed by atoms with E-state index in [4.69, 9.17) is 9.57 Å². The van der Waals surface area contributed by atoms with Crippen LogP contribution in [0.4, 0.5) is 0 Å². The van der Waals surface area contributed by atoms with Gasteiger partial charge in [0, 0.05) is 19.5 Å². The number of hydrogen-bond acceptors (Lipinski definition) is 4. The number of hydroxylamine groups is 2. The van der Waals surface area contributed by atoms with Crippen LogP contribution in [0.2, 0.25) is 0 Å². The Balaban J connectivity index is 0.00000280. The van der Waals surface area contributed by atoms with Gasteiger partial charge in [-0.2, -0.15) is 0 Å². The molecule has 5 heteroatoms. The lowest BCUT2D eigenvalue weighted by Gasteiger charge is -2.33. The second kappa shape index (κ2) is 11.8. The third-order valence-corrected chi connectivity index (χ3v) is 4.90. The predicted molar refractivity (Wildman–Crippen MR) is 113 cm³/mol. The standard InChI is InChI=1S/C23H29NO3.ClH/c1-2-3-14-22(25)27-24-17-15-21(16-18-24)26-23(19-10-6-4-7-11-19)20-12-8-5-9-13-20;/h4-13,21,23H,2-3,14-18H2,1H3;1H. The highest BCUT2D eigenvalue weighted by Crippen LogP contribution is 2.30. The Morgan fingerprint density at radius 3 is 2.04 bits per heavy atom. The van der Waals surface area contributed by atoms with Crippen molar-refractivity contribution in [3.63, 3.8) is 0 Å². The molecule has 1 saturated heterocycles. The van der Waals surface area contributed by atoms with Crippen molar-refractivity contribution in [2.45, 2.75) is 51.2 Å². The highest BCUT2D eigenvalue weighted by Gasteiger charge is 2.26. The van der Waals surface area contributed by atoms with E-state index in [2.05, 4.69) is 31.2 Å². The Kier molecular flexibility index (Phi) is 9.48. The molecule has 0 amide bonds. The fourth-order valence-corrected chi connectivity index (χ4v) is 3.37. The Bertz CT molecular complexity index is 648. The Morgan fingerprint density at radius 1 is 1.00 bits per heavy atom. The van der Waals surface area contributed by atoms with E-state index < -0.39 is 0 Å². The molecule has 0 radical (unpaired) electrons. The maximum Gasteiger partial charge on any atom is 0.325 e. The largest absolute Gasteiger partial charge is 0.368 e. The summed E-state index contributed by atoms with van der Waals surface area (Å²) >= 11 is 0. The highest BCUT2D eigenvalue weighted by molar-refractivity contribution is 5.85. The number of rotatable bonds is 8. The van der Waals surface area contributed by atoms with Gasteiger partial charge in [-0.3, -0.25) is 4.79 Å². The average molecular weight is 404 g/mol. The van der Waals surface area contributed by atoms with Crippen LogP contribution in [0.3, 0.4) is 0 Å². The molecule has 152 valence electrons. The van der Waals surface area contributed by atoms with Gasteiger partial charge < -0.3 is 9.57 Å². The number of nitrogens with zero attached hydrogens (tertiary/aromatic N) is 1. The number of hydrogen-bond donors (Lipinski definition) is 0. The number of benzene rings is 2. The number of piperidine rings is 1. The monoisotopic (exact) mass is 403 g/mol. The smallest absolute Gasteiger partial charge is 0.325 e. The van der Waals surface area contributed by atoms with Gasteiger partial charge in [-0.15, -0.1) is 17.5 Å². The number of unbranched alkanes of at least 4 members (excludes halogenated alkanes) is 1. The molecular weight excluding hydrogens is 374 g/mol. The summed E-state index contributed by atoms with van der Waals surface area (Å²) in [6.07, 6.45) is 4.18. The van der Waals surface area contributed by atoms with Crippen molar-refractivity contribution >= 4 is 18.4 Å². The van der Waals surface area contributed by atoms with Gasteiger partial charge in [0.05, 0.1) is 6.10 Å². The molecule has 1 heterocycles. The van der Waals surface area contributed by atoms with Crippen molar-refractivity contribution < 1.29 is 14.4 Å². The molecule has 1 aliphatic heterocycles. The lowest BCUT2D eigenvalue weighted by Crippen LogP contribution is -2.38. The molecule has 1 fully saturated rings. The van der Waals surface area contributed by atoms with Crippen LogP contribution in [0.5, 0.6) is 0 Å². The summed E-state index contributed by atoms with van der Waals surface area (Å²) in [7, 11) is 0. The topological polar surface area (TPSA) is 38.8 Å². The molecular formula is C23H30ClNO3. The van der Waals surface area contributed by atoms with Gasteiger partial charge in [0.2, 0.25) is 0 Å². The first-order valence-corrected chi connectivity index (χ1v) is 9.97. The molecule has 0 bridgehead atoms. The molecule has 0 N–H and O–H groups in total. The summed E-state index contributed by atoms with van der Waals surface area (Å²) in [5, 5.41) is 1.79. The van der Waals surface area contributed by atoms with Crippen molar-refractivity contribution in [3.8, 4) is 0 Å². The first-order chi connectivity index (χ1) is 13.3. The van der Waals surface area contributed by atoms with Gasteiger partial charge in [0.25, 0.3) is 0 Å². The van der Waals surface area contributed by atoms with Gasteiger partial charge in [-0.05, 0) is 30.4 Å². The molecule has 0 spiro atoms. The summed E-state index contributed by atoms with van der Waals surface area (Å²) < 4.78 is 6.51. The van der Waals surface area contributed by atoms with E-state index in [1.165, 1.54) is 0 Å². The quantitative estimate of drug-likeness (QED) is 0.597. The van der Waals surface area contributed by atoms with Crippen LogP contribution in [0, 0.1) is 0 Å². The van der Waals surface area contributed by atoms with E-state index in [1.54, 1.807) is 5.06 Å². The van der Waals surface area contributed by atoms with E-state index in [1.807, 2.05) is 36.4 Å². The van der Waals surface area contributed by atoms with E-state index in [0.29, 0.717) is 6.42 Å². The number of carbonyl (C=O) groups excluding carboxylic acids is 1. The van der Waals surface area contributed by atoms with Crippen LogP contribution in [0.25, 0.3) is 0 Å². The van der Waals surface area contributed by atoms with Crippen LogP contribution >= 0.6 is 12.4 Å². The van der Waals surface area contributed by atoms with Crippen LogP contribution in [-0.2, 0) is 14.4 Å². The zero-order valence-corrected chi connectivity index (χ0v) is 17.3. The van der Waals surface area contributed by atoms with Crippen molar-refractivity contribution in [1.29, 1.82) is 0 Å². The maximum absolute atomic E-state index is 11.8. The first kappa shape index (κ1) is 22.4. The molecule has 0 saturated carbocycles. The fourth-order valence-electron chi connectivity index (χ4n) is 3.37. The van der Waals surface area contributed by atoms with Crippen molar-refractivity contribution in [2.24, 2.45) is 0 Å². The second-order valence-corrected chi connectivity index (χ2v) is 7.03. The van der Waals surface area contributed by atoms with Gasteiger partial charge in [-0.25, -0.2) is 0 Å². The summed E-state index contributed by atoms with van der Waals surface area (Å²) in [6.45, 7) is 3.52. The van der Waals surface area contributed by atoms with Crippen molar-refractivity contribution in [3.05, 3.63) is 71.8 Å². The van der Waals surface area contributed by atoms with Crippen LogP contribution in [0.15, 0.2) is 60.7 Å². The number of ether oxygens (including phenoxy) is 1. The van der Waals surface area contributed by atoms with Crippen LogP contribution in [-0.4, -0.2) is 30.2 Å². The van der Waals surface area contributed by atoms with Gasteiger partial charge in [0.1, 0.15) is 6.10 Å². The lowest BCUT2D eigenvalue weighted by atomic mass is 10.0. The Hall–Kier alpha value is -1.88. The molecule has 0 aromatic heterocycles. The van der Waals surface area contributed by atoms with Gasteiger partial charge in [0.15, 0.2) is 0 Å². The lowest BCUT2D eigenvalue weighted by molar-refractivity contribution is -0.201. The molecule has 28 heavy (non-hydrogen) atoms.